The van der Waals surface area contributed by atoms with Crippen LogP contribution in [0.4, 0.5) is 0 Å². The fourth-order valence-corrected chi connectivity index (χ4v) is 4.85. The van der Waals surface area contributed by atoms with Crippen LogP contribution in [0.25, 0.3) is 11.2 Å². The lowest BCUT2D eigenvalue weighted by molar-refractivity contribution is -0.0149. The van der Waals surface area contributed by atoms with Crippen LogP contribution in [0.3, 0.4) is 0 Å². The van der Waals surface area contributed by atoms with Crippen molar-refractivity contribution in [1.29, 1.82) is 0 Å². The lowest BCUT2D eigenvalue weighted by Gasteiger charge is -2.15. The second-order valence-corrected chi connectivity index (χ2v) is 9.18. The van der Waals surface area contributed by atoms with Crippen LogP contribution in [0.2, 0.25) is 0 Å². The van der Waals surface area contributed by atoms with Crippen LogP contribution < -0.4 is 5.14 Å². The van der Waals surface area contributed by atoms with Crippen LogP contribution in [-0.4, -0.2) is 40.6 Å². The number of imidazole rings is 1. The maximum absolute atomic E-state index is 11.0. The minimum atomic E-state index is -3.97. The Morgan fingerprint density at radius 3 is 2.63 bits per heavy atom. The van der Waals surface area contributed by atoms with Gasteiger partial charge in [-0.15, -0.1) is 0 Å². The topological polar surface area (TPSA) is 122 Å². The number of nitrogens with zero attached hydrogens (tertiary/aromatic N) is 4. The average molecular weight is 430 g/mol. The Hall–Kier alpha value is -2.40. The van der Waals surface area contributed by atoms with E-state index in [1.165, 1.54) is 11.1 Å². The molecule has 3 aromatic rings. The van der Waals surface area contributed by atoms with Crippen LogP contribution in [-0.2, 0) is 38.5 Å². The number of aromatic nitrogens is 4. The normalized spacial score (nSPS) is 22.0. The highest BCUT2D eigenvalue weighted by Crippen LogP contribution is 2.33. The minimum Gasteiger partial charge on any atom is -0.352 e. The molecule has 0 radical (unpaired) electrons. The third-order valence-electron chi connectivity index (χ3n) is 5.87. The van der Waals surface area contributed by atoms with Gasteiger partial charge in [0, 0.05) is 0 Å². The molecule has 2 N–H and O–H groups in total. The first kappa shape index (κ1) is 19.6. The Kier molecular flexibility index (Phi) is 5.02. The van der Waals surface area contributed by atoms with Gasteiger partial charge in [-0.3, -0.25) is 8.75 Å². The molecule has 9 nitrogen and oxygen atoms in total. The molecule has 3 heterocycles. The van der Waals surface area contributed by atoms with Crippen molar-refractivity contribution >= 4 is 21.5 Å². The molecule has 1 saturated heterocycles. The van der Waals surface area contributed by atoms with Crippen LogP contribution in [0.1, 0.15) is 35.9 Å². The zero-order valence-electron chi connectivity index (χ0n) is 16.3. The SMILES string of the molecule is NS(=O)(=O)OC[C@H]1CC[C@H](n2cnc3c(CC4Cc5ccccc5C4)ncnc32)O1. The van der Waals surface area contributed by atoms with Crippen molar-refractivity contribution in [2.24, 2.45) is 11.1 Å². The van der Waals surface area contributed by atoms with Crippen molar-refractivity contribution < 1.29 is 17.3 Å². The number of nitrogens with two attached hydrogens (primary N) is 1. The van der Waals surface area contributed by atoms with Crippen molar-refractivity contribution in [3.8, 4) is 0 Å². The predicted molar refractivity (Wildman–Crippen MR) is 109 cm³/mol. The van der Waals surface area contributed by atoms with E-state index in [0.29, 0.717) is 18.8 Å². The minimum absolute atomic E-state index is 0.0928. The van der Waals surface area contributed by atoms with E-state index in [1.54, 1.807) is 12.7 Å². The maximum atomic E-state index is 11.0. The molecule has 1 aliphatic heterocycles. The molecule has 5 rings (SSSR count). The van der Waals surface area contributed by atoms with Gasteiger partial charge in [0.2, 0.25) is 0 Å². The molecule has 2 aliphatic rings. The molecule has 0 unspecified atom stereocenters. The summed E-state index contributed by atoms with van der Waals surface area (Å²) in [6.45, 7) is -0.0928. The van der Waals surface area contributed by atoms with E-state index in [4.69, 9.17) is 9.88 Å². The van der Waals surface area contributed by atoms with Crippen molar-refractivity contribution in [1.82, 2.24) is 19.5 Å². The fourth-order valence-electron chi connectivity index (χ4n) is 4.51. The molecule has 1 aromatic carbocycles. The molecule has 0 bridgehead atoms. The van der Waals surface area contributed by atoms with Crippen LogP contribution >= 0.6 is 0 Å². The van der Waals surface area contributed by atoms with E-state index >= 15 is 0 Å². The Morgan fingerprint density at radius 2 is 1.90 bits per heavy atom. The van der Waals surface area contributed by atoms with E-state index in [-0.39, 0.29) is 18.9 Å². The van der Waals surface area contributed by atoms with Crippen LogP contribution in [0.5, 0.6) is 0 Å². The Balaban J connectivity index is 1.31. The van der Waals surface area contributed by atoms with Gasteiger partial charge in [-0.2, -0.15) is 8.42 Å². The number of rotatable bonds is 6. The first-order valence-corrected chi connectivity index (χ1v) is 11.5. The summed E-state index contributed by atoms with van der Waals surface area (Å²) in [7, 11) is -3.97. The molecular weight excluding hydrogens is 406 g/mol. The summed E-state index contributed by atoms with van der Waals surface area (Å²) in [6, 6.07) is 8.59. The lowest BCUT2D eigenvalue weighted by atomic mass is 9.99. The Bertz CT molecular complexity index is 1150. The monoisotopic (exact) mass is 429 g/mol. The fraction of sp³-hybridized carbons (Fsp3) is 0.450. The molecule has 2 atom stereocenters. The van der Waals surface area contributed by atoms with Gasteiger partial charge in [0.25, 0.3) is 0 Å². The average Bonchev–Trinajstić information content (AvgIpc) is 3.43. The number of hydrogen-bond donors (Lipinski definition) is 1. The van der Waals surface area contributed by atoms with Gasteiger partial charge in [0.1, 0.15) is 18.1 Å². The molecule has 0 spiro atoms. The quantitative estimate of drug-likeness (QED) is 0.632. The number of hydrogen-bond acceptors (Lipinski definition) is 7. The predicted octanol–water partition coefficient (Wildman–Crippen LogP) is 1.68. The van der Waals surface area contributed by atoms with Crippen LogP contribution in [0.15, 0.2) is 36.9 Å². The Labute approximate surface area is 174 Å². The summed E-state index contributed by atoms with van der Waals surface area (Å²) < 4.78 is 34.5. The van der Waals surface area contributed by atoms with Crippen LogP contribution in [0, 0.1) is 5.92 Å². The second-order valence-electron chi connectivity index (χ2n) is 7.96. The molecule has 0 amide bonds. The van der Waals surface area contributed by atoms with E-state index in [1.807, 2.05) is 4.57 Å². The summed E-state index contributed by atoms with van der Waals surface area (Å²) in [5, 5.41) is 4.89. The van der Waals surface area contributed by atoms with Gasteiger partial charge in [-0.25, -0.2) is 20.1 Å². The summed E-state index contributed by atoms with van der Waals surface area (Å²) in [4.78, 5) is 13.5. The highest BCUT2D eigenvalue weighted by atomic mass is 32.2. The zero-order chi connectivity index (χ0) is 20.7. The molecule has 2 aromatic heterocycles. The molecule has 0 saturated carbocycles. The maximum Gasteiger partial charge on any atom is 0.333 e. The highest BCUT2D eigenvalue weighted by Gasteiger charge is 2.30. The van der Waals surface area contributed by atoms with Crippen molar-refractivity contribution in [3.63, 3.8) is 0 Å². The number of benzene rings is 1. The third-order valence-corrected chi connectivity index (χ3v) is 6.33. The van der Waals surface area contributed by atoms with Gasteiger partial charge >= 0.3 is 10.3 Å². The first-order chi connectivity index (χ1) is 14.5. The summed E-state index contributed by atoms with van der Waals surface area (Å²) in [5.74, 6) is 0.508. The van der Waals surface area contributed by atoms with Gasteiger partial charge < -0.3 is 4.74 Å². The van der Waals surface area contributed by atoms with E-state index in [0.717, 1.165) is 36.1 Å². The summed E-state index contributed by atoms with van der Waals surface area (Å²) in [6.07, 6.45) is 7.01. The summed E-state index contributed by atoms with van der Waals surface area (Å²) >= 11 is 0. The summed E-state index contributed by atoms with van der Waals surface area (Å²) in [5.41, 5.74) is 5.31. The van der Waals surface area contributed by atoms with E-state index < -0.39 is 10.3 Å². The standard InChI is InChI=1S/C20H23N5O4S/c21-30(26,27)28-10-16-5-6-18(29-16)25-12-24-19-17(22-11-23-20(19)25)9-13-7-14-3-1-2-4-15(14)8-13/h1-4,11-13,16,18H,5-10H2,(H2,21,26,27)/t16-,18-/m1/s1. The van der Waals surface area contributed by atoms with E-state index in [2.05, 4.69) is 43.4 Å². The largest absolute Gasteiger partial charge is 0.352 e. The second kappa shape index (κ2) is 7.69. The smallest absolute Gasteiger partial charge is 0.333 e. The molecular formula is C20H23N5O4S. The molecule has 158 valence electrons. The highest BCUT2D eigenvalue weighted by molar-refractivity contribution is 7.84. The number of ether oxygens (including phenoxy) is 1. The van der Waals surface area contributed by atoms with Gasteiger partial charge in [0.15, 0.2) is 5.65 Å². The van der Waals surface area contributed by atoms with Gasteiger partial charge in [-0.1, -0.05) is 24.3 Å². The van der Waals surface area contributed by atoms with Crippen molar-refractivity contribution in [2.45, 2.75) is 44.4 Å². The van der Waals surface area contributed by atoms with Gasteiger partial charge in [0.05, 0.1) is 24.7 Å². The molecule has 10 heteroatoms. The molecule has 30 heavy (non-hydrogen) atoms. The lowest BCUT2D eigenvalue weighted by Crippen LogP contribution is -2.23. The Morgan fingerprint density at radius 1 is 1.13 bits per heavy atom. The first-order valence-electron chi connectivity index (χ1n) is 10.0. The molecule has 1 fully saturated rings. The van der Waals surface area contributed by atoms with Crippen molar-refractivity contribution in [2.75, 3.05) is 6.61 Å². The van der Waals surface area contributed by atoms with Gasteiger partial charge in [-0.05, 0) is 49.1 Å². The third kappa shape index (κ3) is 3.95. The molecule has 1 aliphatic carbocycles. The van der Waals surface area contributed by atoms with E-state index in [9.17, 15) is 8.42 Å². The zero-order valence-corrected chi connectivity index (χ0v) is 17.2. The van der Waals surface area contributed by atoms with Crippen molar-refractivity contribution in [3.05, 3.63) is 53.7 Å². The number of fused-ring (bicyclic) bond motifs is 2.